The first-order valence-corrected chi connectivity index (χ1v) is 6.75. The molecule has 0 spiro atoms. The Balaban J connectivity index is 1.96. The van der Waals surface area contributed by atoms with Crippen molar-refractivity contribution in [2.45, 2.75) is 19.3 Å². The fraction of sp³-hybridized carbons (Fsp3) is 0.533. The Morgan fingerprint density at radius 3 is 2.75 bits per heavy atom. The second-order valence-corrected chi connectivity index (χ2v) is 5.28. The molecule has 0 heterocycles. The number of nitrogens with one attached hydrogen (secondary N) is 1. The van der Waals surface area contributed by atoms with Crippen molar-refractivity contribution >= 4 is 5.91 Å². The van der Waals surface area contributed by atoms with Crippen LogP contribution in [0, 0.1) is 5.41 Å². The average molecular weight is 279 g/mol. The predicted molar refractivity (Wildman–Crippen MR) is 75.2 cm³/mol. The van der Waals surface area contributed by atoms with Gasteiger partial charge in [0, 0.05) is 20.3 Å². The number of hydrogen-bond acceptors (Lipinski definition) is 4. The molecular weight excluding hydrogens is 258 g/mol. The quantitative estimate of drug-likeness (QED) is 0.800. The lowest BCUT2D eigenvalue weighted by molar-refractivity contribution is 0.0934. The van der Waals surface area contributed by atoms with Crippen LogP contribution in [0.2, 0.25) is 0 Å². The van der Waals surface area contributed by atoms with E-state index in [9.17, 15) is 9.90 Å². The van der Waals surface area contributed by atoms with Crippen molar-refractivity contribution in [1.82, 2.24) is 5.32 Å². The molecule has 2 rings (SSSR count). The van der Waals surface area contributed by atoms with E-state index in [1.165, 1.54) is 7.11 Å². The number of carbonyl (C=O) groups is 1. The topological polar surface area (TPSA) is 67.8 Å². The van der Waals surface area contributed by atoms with Gasteiger partial charge in [-0.15, -0.1) is 0 Å². The van der Waals surface area contributed by atoms with E-state index < -0.39 is 0 Å². The fourth-order valence-corrected chi connectivity index (χ4v) is 2.24. The molecule has 1 aromatic rings. The van der Waals surface area contributed by atoms with Crippen LogP contribution in [0.1, 0.15) is 29.6 Å². The van der Waals surface area contributed by atoms with E-state index in [-0.39, 0.29) is 22.6 Å². The SMILES string of the molecule is COCCC1(CNC(=O)c2cccc(OC)c2O)CC1. The molecule has 20 heavy (non-hydrogen) atoms. The molecule has 0 aromatic heterocycles. The van der Waals surface area contributed by atoms with Gasteiger partial charge < -0.3 is 19.9 Å². The maximum absolute atomic E-state index is 12.1. The molecule has 1 amide bonds. The highest BCUT2D eigenvalue weighted by molar-refractivity contribution is 5.97. The molecule has 1 fully saturated rings. The van der Waals surface area contributed by atoms with Gasteiger partial charge in [-0.05, 0) is 36.8 Å². The summed E-state index contributed by atoms with van der Waals surface area (Å²) in [7, 11) is 3.14. The summed E-state index contributed by atoms with van der Waals surface area (Å²) in [6, 6.07) is 4.89. The minimum atomic E-state index is -0.273. The van der Waals surface area contributed by atoms with Gasteiger partial charge in [-0.3, -0.25) is 4.79 Å². The Kier molecular flexibility index (Phi) is 4.49. The molecule has 5 nitrogen and oxygen atoms in total. The zero-order valence-electron chi connectivity index (χ0n) is 11.9. The molecule has 1 aromatic carbocycles. The predicted octanol–water partition coefficient (Wildman–Crippen LogP) is 1.95. The van der Waals surface area contributed by atoms with E-state index in [1.807, 2.05) is 0 Å². The first-order chi connectivity index (χ1) is 9.62. The van der Waals surface area contributed by atoms with E-state index in [4.69, 9.17) is 9.47 Å². The van der Waals surface area contributed by atoms with Crippen molar-refractivity contribution in [2.75, 3.05) is 27.4 Å². The highest BCUT2D eigenvalue weighted by Gasteiger charge is 2.42. The third-order valence-electron chi connectivity index (χ3n) is 3.88. The summed E-state index contributed by atoms with van der Waals surface area (Å²) >= 11 is 0. The molecule has 1 aliphatic rings. The van der Waals surface area contributed by atoms with Crippen molar-refractivity contribution in [2.24, 2.45) is 5.41 Å². The maximum Gasteiger partial charge on any atom is 0.255 e. The Labute approximate surface area is 118 Å². The van der Waals surface area contributed by atoms with E-state index in [0.29, 0.717) is 18.9 Å². The number of benzene rings is 1. The average Bonchev–Trinajstić information content (AvgIpc) is 3.23. The second kappa shape index (κ2) is 6.13. The maximum atomic E-state index is 12.1. The van der Waals surface area contributed by atoms with Crippen LogP contribution in [0.3, 0.4) is 0 Å². The number of phenols is 1. The van der Waals surface area contributed by atoms with Crippen molar-refractivity contribution in [3.05, 3.63) is 23.8 Å². The molecule has 0 atom stereocenters. The Morgan fingerprint density at radius 2 is 2.15 bits per heavy atom. The highest BCUT2D eigenvalue weighted by atomic mass is 16.5. The van der Waals surface area contributed by atoms with Gasteiger partial charge in [0.2, 0.25) is 0 Å². The Morgan fingerprint density at radius 1 is 1.40 bits per heavy atom. The number of aromatic hydroxyl groups is 1. The van der Waals surface area contributed by atoms with Gasteiger partial charge in [0.15, 0.2) is 11.5 Å². The van der Waals surface area contributed by atoms with Crippen LogP contribution >= 0.6 is 0 Å². The third-order valence-corrected chi connectivity index (χ3v) is 3.88. The minimum absolute atomic E-state index is 0.116. The van der Waals surface area contributed by atoms with E-state index in [2.05, 4.69) is 5.32 Å². The number of carbonyl (C=O) groups excluding carboxylic acids is 1. The molecule has 0 saturated heterocycles. The molecular formula is C15H21NO4. The van der Waals surface area contributed by atoms with Gasteiger partial charge in [-0.25, -0.2) is 0 Å². The van der Waals surface area contributed by atoms with E-state index in [1.54, 1.807) is 25.3 Å². The molecule has 0 radical (unpaired) electrons. The number of phenolic OH excluding ortho intramolecular Hbond substituents is 1. The molecule has 2 N–H and O–H groups in total. The van der Waals surface area contributed by atoms with Crippen LogP contribution in [0.4, 0.5) is 0 Å². The fourth-order valence-electron chi connectivity index (χ4n) is 2.24. The van der Waals surface area contributed by atoms with Gasteiger partial charge in [0.1, 0.15) is 0 Å². The summed E-state index contributed by atoms with van der Waals surface area (Å²) in [4.78, 5) is 12.1. The normalized spacial score (nSPS) is 15.7. The Bertz CT molecular complexity index is 483. The number of hydrogen-bond donors (Lipinski definition) is 2. The number of amides is 1. The molecule has 1 aliphatic carbocycles. The van der Waals surface area contributed by atoms with Crippen LogP contribution in [-0.4, -0.2) is 38.4 Å². The van der Waals surface area contributed by atoms with Gasteiger partial charge in [-0.1, -0.05) is 6.07 Å². The first-order valence-electron chi connectivity index (χ1n) is 6.75. The summed E-state index contributed by atoms with van der Waals surface area (Å²) in [6.45, 7) is 1.33. The van der Waals surface area contributed by atoms with E-state index in [0.717, 1.165) is 19.3 Å². The summed E-state index contributed by atoms with van der Waals surface area (Å²) in [6.07, 6.45) is 3.18. The van der Waals surface area contributed by atoms with Crippen LogP contribution < -0.4 is 10.1 Å². The molecule has 0 unspecified atom stereocenters. The molecule has 0 aliphatic heterocycles. The summed E-state index contributed by atoms with van der Waals surface area (Å²) < 4.78 is 10.1. The summed E-state index contributed by atoms with van der Waals surface area (Å²) in [5.74, 6) is -0.0856. The first kappa shape index (κ1) is 14.7. The zero-order chi connectivity index (χ0) is 14.6. The van der Waals surface area contributed by atoms with Crippen LogP contribution in [0.25, 0.3) is 0 Å². The van der Waals surface area contributed by atoms with Gasteiger partial charge in [0.05, 0.1) is 12.7 Å². The van der Waals surface area contributed by atoms with Gasteiger partial charge in [0.25, 0.3) is 5.91 Å². The van der Waals surface area contributed by atoms with Crippen LogP contribution in [0.15, 0.2) is 18.2 Å². The monoisotopic (exact) mass is 279 g/mol. The smallest absolute Gasteiger partial charge is 0.255 e. The molecule has 1 saturated carbocycles. The van der Waals surface area contributed by atoms with Crippen LogP contribution in [-0.2, 0) is 4.74 Å². The van der Waals surface area contributed by atoms with Gasteiger partial charge in [-0.2, -0.15) is 0 Å². The van der Waals surface area contributed by atoms with E-state index >= 15 is 0 Å². The number of methoxy groups -OCH3 is 2. The van der Waals surface area contributed by atoms with Crippen molar-refractivity contribution in [1.29, 1.82) is 0 Å². The standard InChI is InChI=1S/C15H21NO4/c1-19-9-8-15(6-7-15)10-16-14(18)11-4-3-5-12(20-2)13(11)17/h3-5,17H,6-10H2,1-2H3,(H,16,18). The number of ether oxygens (including phenoxy) is 2. The van der Waals surface area contributed by atoms with Crippen molar-refractivity contribution in [3.8, 4) is 11.5 Å². The zero-order valence-corrected chi connectivity index (χ0v) is 11.9. The third kappa shape index (κ3) is 3.22. The second-order valence-electron chi connectivity index (χ2n) is 5.28. The largest absolute Gasteiger partial charge is 0.504 e. The summed E-state index contributed by atoms with van der Waals surface area (Å²) in [5.41, 5.74) is 0.423. The van der Waals surface area contributed by atoms with Crippen molar-refractivity contribution < 1.29 is 19.4 Å². The Hall–Kier alpha value is -1.75. The molecule has 5 heteroatoms. The van der Waals surface area contributed by atoms with Crippen molar-refractivity contribution in [3.63, 3.8) is 0 Å². The minimum Gasteiger partial charge on any atom is -0.504 e. The van der Waals surface area contributed by atoms with Gasteiger partial charge >= 0.3 is 0 Å². The number of rotatable bonds is 7. The highest BCUT2D eigenvalue weighted by Crippen LogP contribution is 2.48. The summed E-state index contributed by atoms with van der Waals surface area (Å²) in [5, 5.41) is 12.8. The molecule has 110 valence electrons. The lowest BCUT2D eigenvalue weighted by atomic mass is 10.0. The number of para-hydroxylation sites is 1. The lowest BCUT2D eigenvalue weighted by Crippen LogP contribution is -2.30. The molecule has 0 bridgehead atoms. The van der Waals surface area contributed by atoms with Crippen LogP contribution in [0.5, 0.6) is 11.5 Å². The lowest BCUT2D eigenvalue weighted by Gasteiger charge is -2.16.